The summed E-state index contributed by atoms with van der Waals surface area (Å²) in [5.41, 5.74) is 2.80. The number of amides is 1. The summed E-state index contributed by atoms with van der Waals surface area (Å²) in [6.07, 6.45) is 1.12. The van der Waals surface area contributed by atoms with E-state index in [0.29, 0.717) is 6.61 Å². The van der Waals surface area contributed by atoms with E-state index in [0.717, 1.165) is 0 Å². The number of hydrazone groups is 1. The first-order valence-corrected chi connectivity index (χ1v) is 7.59. The van der Waals surface area contributed by atoms with Crippen LogP contribution in [0.2, 0.25) is 5.15 Å². The van der Waals surface area contributed by atoms with Gasteiger partial charge in [-0.2, -0.15) is 0 Å². The Morgan fingerprint density at radius 2 is 2.00 bits per heavy atom. The van der Waals surface area contributed by atoms with Crippen molar-refractivity contribution >= 4 is 41.4 Å². The number of rotatable bonds is 5. The summed E-state index contributed by atoms with van der Waals surface area (Å²) in [7, 11) is 2.41. The molecule has 25 heavy (non-hydrogen) atoms. The Morgan fingerprint density at radius 1 is 1.28 bits per heavy atom. The number of esters is 2. The molecule has 0 bridgehead atoms. The number of H-pyrrole nitrogens is 1. The fourth-order valence-corrected chi connectivity index (χ4v) is 2.46. The summed E-state index contributed by atoms with van der Waals surface area (Å²) in [4.78, 5) is 38.4. The van der Waals surface area contributed by atoms with Gasteiger partial charge in [0, 0.05) is 5.56 Å². The lowest BCUT2D eigenvalue weighted by Gasteiger charge is -2.05. The number of ether oxygens (including phenoxy) is 3. The summed E-state index contributed by atoms with van der Waals surface area (Å²) in [5.74, 6) is -1.72. The van der Waals surface area contributed by atoms with Gasteiger partial charge in [0.05, 0.1) is 38.5 Å². The van der Waals surface area contributed by atoms with E-state index < -0.39 is 17.8 Å². The minimum Gasteiger partial charge on any atom is -0.476 e. The third-order valence-corrected chi connectivity index (χ3v) is 3.65. The molecule has 0 atom stereocenters. The molecule has 1 aromatic rings. The van der Waals surface area contributed by atoms with Crippen LogP contribution >= 0.6 is 11.6 Å². The van der Waals surface area contributed by atoms with E-state index in [1.54, 1.807) is 6.92 Å². The zero-order valence-electron chi connectivity index (χ0n) is 13.8. The van der Waals surface area contributed by atoms with Crippen molar-refractivity contribution in [3.05, 3.63) is 27.5 Å². The maximum absolute atomic E-state index is 12.2. The first-order chi connectivity index (χ1) is 11.9. The molecule has 2 heterocycles. The Morgan fingerprint density at radius 3 is 2.60 bits per heavy atom. The van der Waals surface area contributed by atoms with E-state index >= 15 is 0 Å². The number of hydrogen-bond acceptors (Lipinski definition) is 7. The van der Waals surface area contributed by atoms with Crippen LogP contribution in [0.4, 0.5) is 0 Å². The molecule has 134 valence electrons. The fourth-order valence-electron chi connectivity index (χ4n) is 2.19. The maximum Gasteiger partial charge on any atom is 0.340 e. The predicted molar refractivity (Wildman–Crippen MR) is 88.0 cm³/mol. The molecule has 1 aliphatic rings. The van der Waals surface area contributed by atoms with Crippen LogP contribution in [0.15, 0.2) is 10.7 Å². The highest BCUT2D eigenvalue weighted by Crippen LogP contribution is 2.27. The van der Waals surface area contributed by atoms with Gasteiger partial charge >= 0.3 is 11.9 Å². The highest BCUT2D eigenvalue weighted by atomic mass is 35.5. The lowest BCUT2D eigenvalue weighted by molar-refractivity contribution is -0.139. The Kier molecular flexibility index (Phi) is 5.81. The van der Waals surface area contributed by atoms with Gasteiger partial charge in [-0.25, -0.2) is 10.2 Å². The lowest BCUT2D eigenvalue weighted by atomic mass is 10.1. The van der Waals surface area contributed by atoms with Crippen LogP contribution in [-0.4, -0.2) is 49.6 Å². The van der Waals surface area contributed by atoms with Crippen molar-refractivity contribution in [2.24, 2.45) is 5.10 Å². The third kappa shape index (κ3) is 3.82. The summed E-state index contributed by atoms with van der Waals surface area (Å²) >= 11 is 6.11. The van der Waals surface area contributed by atoms with Crippen LogP contribution in [0.3, 0.4) is 0 Å². The number of hydrogen-bond donors (Lipinski definition) is 2. The molecular formula is C15H16ClN3O6. The van der Waals surface area contributed by atoms with Crippen LogP contribution < -0.4 is 5.43 Å². The molecule has 0 spiro atoms. The molecule has 0 aromatic carbocycles. The summed E-state index contributed by atoms with van der Waals surface area (Å²) in [6, 6.07) is 0. The SMILES string of the molecule is CCOC1=NNC(=O)C1=Cc1[nH]c(Cl)c(CC(=O)OC)c1C(=O)OC. The Labute approximate surface area is 148 Å². The topological polar surface area (TPSA) is 119 Å². The van der Waals surface area contributed by atoms with Gasteiger partial charge in [0.15, 0.2) is 0 Å². The molecule has 2 rings (SSSR count). The van der Waals surface area contributed by atoms with Gasteiger partial charge in [0.1, 0.15) is 10.7 Å². The number of carbonyl (C=O) groups excluding carboxylic acids is 3. The second-order valence-electron chi connectivity index (χ2n) is 4.80. The van der Waals surface area contributed by atoms with Crippen molar-refractivity contribution in [3.63, 3.8) is 0 Å². The maximum atomic E-state index is 12.2. The molecular weight excluding hydrogens is 354 g/mol. The molecule has 1 aliphatic heterocycles. The van der Waals surface area contributed by atoms with Gasteiger partial charge in [-0.15, -0.1) is 5.10 Å². The lowest BCUT2D eigenvalue weighted by Crippen LogP contribution is -2.15. The van der Waals surface area contributed by atoms with E-state index in [4.69, 9.17) is 21.1 Å². The Hall–Kier alpha value is -2.81. The molecule has 0 unspecified atom stereocenters. The number of aromatic amines is 1. The van der Waals surface area contributed by atoms with Crippen molar-refractivity contribution in [1.29, 1.82) is 0 Å². The van der Waals surface area contributed by atoms with E-state index in [2.05, 4.69) is 20.2 Å². The number of aromatic nitrogens is 1. The van der Waals surface area contributed by atoms with Gasteiger partial charge < -0.3 is 19.2 Å². The van der Waals surface area contributed by atoms with E-state index in [9.17, 15) is 14.4 Å². The minimum atomic E-state index is -0.720. The molecule has 0 saturated carbocycles. The average molecular weight is 370 g/mol. The van der Waals surface area contributed by atoms with Crippen molar-refractivity contribution in [1.82, 2.24) is 10.4 Å². The summed E-state index contributed by atoms with van der Waals surface area (Å²) in [5, 5.41) is 3.82. The number of methoxy groups -OCH3 is 2. The highest BCUT2D eigenvalue weighted by molar-refractivity contribution is 6.31. The Bertz CT molecular complexity index is 780. The van der Waals surface area contributed by atoms with Crippen molar-refractivity contribution in [3.8, 4) is 0 Å². The Balaban J connectivity index is 2.54. The van der Waals surface area contributed by atoms with Crippen LogP contribution in [-0.2, 0) is 30.2 Å². The monoisotopic (exact) mass is 369 g/mol. The first-order valence-electron chi connectivity index (χ1n) is 7.21. The first kappa shape index (κ1) is 18.5. The van der Waals surface area contributed by atoms with Gasteiger partial charge in [-0.1, -0.05) is 11.6 Å². The molecule has 0 radical (unpaired) electrons. The molecule has 0 aliphatic carbocycles. The van der Waals surface area contributed by atoms with Crippen LogP contribution in [0.25, 0.3) is 6.08 Å². The number of halogens is 1. The zero-order valence-corrected chi connectivity index (χ0v) is 14.5. The molecule has 9 nitrogen and oxygen atoms in total. The molecule has 1 amide bonds. The predicted octanol–water partition coefficient (Wildman–Crippen LogP) is 1.03. The van der Waals surface area contributed by atoms with E-state index in [1.165, 1.54) is 20.3 Å². The molecule has 2 N–H and O–H groups in total. The zero-order chi connectivity index (χ0) is 18.6. The number of nitrogens with one attached hydrogen (secondary N) is 2. The fraction of sp³-hybridized carbons (Fsp3) is 0.333. The third-order valence-electron chi connectivity index (χ3n) is 3.32. The van der Waals surface area contributed by atoms with Crippen LogP contribution in [0.5, 0.6) is 0 Å². The van der Waals surface area contributed by atoms with Crippen LogP contribution in [0, 0.1) is 0 Å². The summed E-state index contributed by atoms with van der Waals surface area (Å²) < 4.78 is 14.6. The standard InChI is InChI=1S/C15H16ClN3O6/c1-4-25-14-8(13(21)18-19-14)5-9-11(15(22)24-3)7(12(16)17-9)6-10(20)23-2/h5,17H,4,6H2,1-3H3,(H,18,21). The molecule has 1 aromatic heterocycles. The smallest absolute Gasteiger partial charge is 0.340 e. The average Bonchev–Trinajstić information content (AvgIpc) is 3.09. The van der Waals surface area contributed by atoms with E-state index in [-0.39, 0.29) is 39.9 Å². The largest absolute Gasteiger partial charge is 0.476 e. The van der Waals surface area contributed by atoms with Crippen molar-refractivity contribution in [2.45, 2.75) is 13.3 Å². The normalized spacial score (nSPS) is 15.0. The second-order valence-corrected chi connectivity index (χ2v) is 5.18. The van der Waals surface area contributed by atoms with Crippen molar-refractivity contribution < 1.29 is 28.6 Å². The molecule has 10 heteroatoms. The highest BCUT2D eigenvalue weighted by Gasteiger charge is 2.28. The van der Waals surface area contributed by atoms with Gasteiger partial charge in [0.2, 0.25) is 5.90 Å². The summed E-state index contributed by atoms with van der Waals surface area (Å²) in [6.45, 7) is 2.04. The quantitative estimate of drug-likeness (QED) is 0.591. The number of nitrogens with zero attached hydrogens (tertiary/aromatic N) is 1. The van der Waals surface area contributed by atoms with E-state index in [1.807, 2.05) is 0 Å². The van der Waals surface area contributed by atoms with Gasteiger partial charge in [-0.05, 0) is 13.0 Å². The second kappa shape index (κ2) is 7.84. The molecule has 0 fully saturated rings. The number of carbonyl (C=O) groups is 3. The van der Waals surface area contributed by atoms with Gasteiger partial charge in [0.25, 0.3) is 5.91 Å². The minimum absolute atomic E-state index is 0.0287. The van der Waals surface area contributed by atoms with Crippen molar-refractivity contribution in [2.75, 3.05) is 20.8 Å². The van der Waals surface area contributed by atoms with Gasteiger partial charge in [-0.3, -0.25) is 9.59 Å². The molecule has 0 saturated heterocycles. The van der Waals surface area contributed by atoms with Crippen LogP contribution in [0.1, 0.15) is 28.5 Å².